The predicted molar refractivity (Wildman–Crippen MR) is 83.5 cm³/mol. The van der Waals surface area contributed by atoms with Gasteiger partial charge >= 0.3 is 0 Å². The van der Waals surface area contributed by atoms with Crippen molar-refractivity contribution in [2.75, 3.05) is 6.54 Å². The highest BCUT2D eigenvalue weighted by Crippen LogP contribution is 2.27. The van der Waals surface area contributed by atoms with E-state index in [9.17, 15) is 4.79 Å². The number of rotatable bonds is 5. The molecule has 0 bridgehead atoms. The maximum absolute atomic E-state index is 11.8. The lowest BCUT2D eigenvalue weighted by Gasteiger charge is -2.26. The van der Waals surface area contributed by atoms with Crippen LogP contribution in [0.2, 0.25) is 0 Å². The van der Waals surface area contributed by atoms with Gasteiger partial charge in [-0.15, -0.1) is 12.4 Å². The summed E-state index contributed by atoms with van der Waals surface area (Å²) in [6.45, 7) is 6.77. The average Bonchev–Trinajstić information content (AvgIpc) is 2.33. The molecule has 0 saturated heterocycles. The lowest BCUT2D eigenvalue weighted by molar-refractivity contribution is -0.124. The molecular weight excluding hydrogens is 260 g/mol. The van der Waals surface area contributed by atoms with Crippen LogP contribution in [0.5, 0.6) is 0 Å². The SMILES string of the molecule is CC(C)(C)[C@H](N)C(=O)NCCCC1CCCCC1.Cl. The Balaban J connectivity index is 0.00000324. The molecule has 0 heterocycles. The summed E-state index contributed by atoms with van der Waals surface area (Å²) in [4.78, 5) is 11.8. The van der Waals surface area contributed by atoms with Crippen molar-refractivity contribution in [3.63, 3.8) is 0 Å². The van der Waals surface area contributed by atoms with Crippen LogP contribution in [0.1, 0.15) is 65.7 Å². The highest BCUT2D eigenvalue weighted by Gasteiger charge is 2.26. The first-order chi connectivity index (χ1) is 8.41. The Labute approximate surface area is 124 Å². The Morgan fingerprint density at radius 3 is 2.37 bits per heavy atom. The van der Waals surface area contributed by atoms with Crippen molar-refractivity contribution in [3.8, 4) is 0 Å². The normalized spacial score (nSPS) is 18.5. The Hall–Kier alpha value is -0.280. The Morgan fingerprint density at radius 2 is 1.84 bits per heavy atom. The van der Waals surface area contributed by atoms with Crippen LogP contribution in [0.3, 0.4) is 0 Å². The number of amides is 1. The number of nitrogens with one attached hydrogen (secondary N) is 1. The first-order valence-electron chi connectivity index (χ1n) is 7.44. The molecule has 0 aromatic heterocycles. The molecule has 1 rings (SSSR count). The summed E-state index contributed by atoms with van der Waals surface area (Å²) < 4.78 is 0. The molecule has 0 radical (unpaired) electrons. The molecule has 0 unspecified atom stereocenters. The van der Waals surface area contributed by atoms with E-state index < -0.39 is 6.04 Å². The van der Waals surface area contributed by atoms with Gasteiger partial charge in [0.2, 0.25) is 5.91 Å². The highest BCUT2D eigenvalue weighted by molar-refractivity contribution is 5.85. The third-order valence-corrected chi connectivity index (χ3v) is 4.03. The van der Waals surface area contributed by atoms with Gasteiger partial charge in [-0.1, -0.05) is 52.9 Å². The van der Waals surface area contributed by atoms with Gasteiger partial charge in [0, 0.05) is 6.54 Å². The van der Waals surface area contributed by atoms with Crippen LogP contribution < -0.4 is 11.1 Å². The minimum atomic E-state index is -0.410. The van der Waals surface area contributed by atoms with Gasteiger partial charge in [0.05, 0.1) is 6.04 Å². The van der Waals surface area contributed by atoms with Gasteiger partial charge in [-0.25, -0.2) is 0 Å². The van der Waals surface area contributed by atoms with Crippen molar-refractivity contribution < 1.29 is 4.79 Å². The van der Waals surface area contributed by atoms with Crippen LogP contribution in [0.15, 0.2) is 0 Å². The number of carbonyl (C=O) groups excluding carboxylic acids is 1. The quantitative estimate of drug-likeness (QED) is 0.764. The molecule has 1 aliphatic rings. The van der Waals surface area contributed by atoms with E-state index in [1.54, 1.807) is 0 Å². The molecule has 1 atom stereocenters. The van der Waals surface area contributed by atoms with E-state index in [1.807, 2.05) is 20.8 Å². The molecular formula is C15H31ClN2O. The largest absolute Gasteiger partial charge is 0.355 e. The van der Waals surface area contributed by atoms with Crippen molar-refractivity contribution in [1.82, 2.24) is 5.32 Å². The molecule has 1 saturated carbocycles. The molecule has 3 nitrogen and oxygen atoms in total. The molecule has 114 valence electrons. The van der Waals surface area contributed by atoms with Gasteiger partial charge in [-0.05, 0) is 24.2 Å². The van der Waals surface area contributed by atoms with Crippen molar-refractivity contribution in [3.05, 3.63) is 0 Å². The van der Waals surface area contributed by atoms with Gasteiger partial charge < -0.3 is 11.1 Å². The Kier molecular flexibility index (Phi) is 8.67. The standard InChI is InChI=1S/C15H30N2O.ClH/c1-15(2,3)13(16)14(18)17-11-7-10-12-8-5-4-6-9-12;/h12-13H,4-11,16H2,1-3H3,(H,17,18);1H/t13-;/m1./s1. The maximum atomic E-state index is 11.8. The summed E-state index contributed by atoms with van der Waals surface area (Å²) >= 11 is 0. The Morgan fingerprint density at radius 1 is 1.26 bits per heavy atom. The molecule has 19 heavy (non-hydrogen) atoms. The Bertz CT molecular complexity index is 257. The minimum Gasteiger partial charge on any atom is -0.355 e. The second kappa shape index (κ2) is 8.80. The first-order valence-corrected chi connectivity index (χ1v) is 7.44. The summed E-state index contributed by atoms with van der Waals surface area (Å²) in [5.74, 6) is 0.887. The van der Waals surface area contributed by atoms with Crippen LogP contribution in [0.25, 0.3) is 0 Å². The van der Waals surface area contributed by atoms with Gasteiger partial charge in [-0.2, -0.15) is 0 Å². The van der Waals surface area contributed by atoms with E-state index in [0.717, 1.165) is 18.9 Å². The summed E-state index contributed by atoms with van der Waals surface area (Å²) in [5.41, 5.74) is 5.75. The van der Waals surface area contributed by atoms with Gasteiger partial charge in [0.1, 0.15) is 0 Å². The fraction of sp³-hybridized carbons (Fsp3) is 0.933. The summed E-state index contributed by atoms with van der Waals surface area (Å²) in [6.07, 6.45) is 9.31. The van der Waals surface area contributed by atoms with Crippen LogP contribution >= 0.6 is 12.4 Å². The lowest BCUT2D eigenvalue weighted by atomic mass is 9.86. The third-order valence-electron chi connectivity index (χ3n) is 4.03. The van der Waals surface area contributed by atoms with Crippen LogP contribution in [-0.4, -0.2) is 18.5 Å². The number of nitrogens with two attached hydrogens (primary N) is 1. The van der Waals surface area contributed by atoms with Gasteiger partial charge in [0.25, 0.3) is 0 Å². The summed E-state index contributed by atoms with van der Waals surface area (Å²) in [7, 11) is 0. The summed E-state index contributed by atoms with van der Waals surface area (Å²) in [5, 5.41) is 2.96. The highest BCUT2D eigenvalue weighted by atomic mass is 35.5. The molecule has 0 spiro atoms. The fourth-order valence-electron chi connectivity index (χ4n) is 2.58. The van der Waals surface area contributed by atoms with E-state index in [-0.39, 0.29) is 23.7 Å². The van der Waals surface area contributed by atoms with Crippen molar-refractivity contribution in [1.29, 1.82) is 0 Å². The second-order valence-electron chi connectivity index (χ2n) is 6.78. The molecule has 1 aliphatic carbocycles. The average molecular weight is 291 g/mol. The fourth-order valence-corrected chi connectivity index (χ4v) is 2.58. The van der Waals surface area contributed by atoms with Crippen molar-refractivity contribution in [2.45, 2.75) is 71.8 Å². The van der Waals surface area contributed by atoms with E-state index in [0.29, 0.717) is 0 Å². The smallest absolute Gasteiger partial charge is 0.237 e. The van der Waals surface area contributed by atoms with E-state index >= 15 is 0 Å². The van der Waals surface area contributed by atoms with Crippen LogP contribution in [0, 0.1) is 11.3 Å². The van der Waals surface area contributed by atoms with Crippen molar-refractivity contribution in [2.24, 2.45) is 17.1 Å². The van der Waals surface area contributed by atoms with Gasteiger partial charge in [0.15, 0.2) is 0 Å². The van der Waals surface area contributed by atoms with E-state index in [1.165, 1.54) is 38.5 Å². The zero-order chi connectivity index (χ0) is 13.6. The molecule has 3 N–H and O–H groups in total. The molecule has 0 aromatic carbocycles. The molecule has 4 heteroatoms. The predicted octanol–water partition coefficient (Wildman–Crippen LogP) is 3.26. The first kappa shape index (κ1) is 18.7. The minimum absolute atomic E-state index is 0. The third kappa shape index (κ3) is 7.17. The monoisotopic (exact) mass is 290 g/mol. The zero-order valence-electron chi connectivity index (χ0n) is 12.7. The van der Waals surface area contributed by atoms with Gasteiger partial charge in [-0.3, -0.25) is 4.79 Å². The molecule has 0 aliphatic heterocycles. The molecule has 0 aromatic rings. The second-order valence-corrected chi connectivity index (χ2v) is 6.78. The zero-order valence-corrected chi connectivity index (χ0v) is 13.5. The van der Waals surface area contributed by atoms with Crippen molar-refractivity contribution >= 4 is 18.3 Å². The number of hydrogen-bond acceptors (Lipinski definition) is 2. The summed E-state index contributed by atoms with van der Waals surface area (Å²) in [6, 6.07) is -0.410. The number of carbonyl (C=O) groups is 1. The maximum Gasteiger partial charge on any atom is 0.237 e. The van der Waals surface area contributed by atoms with Crippen LogP contribution in [-0.2, 0) is 4.79 Å². The number of hydrogen-bond donors (Lipinski definition) is 2. The molecule has 1 amide bonds. The topological polar surface area (TPSA) is 55.1 Å². The van der Waals surface area contributed by atoms with Crippen LogP contribution in [0.4, 0.5) is 0 Å². The molecule has 1 fully saturated rings. The lowest BCUT2D eigenvalue weighted by Crippen LogP contribution is -2.48. The van der Waals surface area contributed by atoms with E-state index in [4.69, 9.17) is 5.73 Å². The van der Waals surface area contributed by atoms with E-state index in [2.05, 4.69) is 5.32 Å². The number of halogens is 1.